The van der Waals surface area contributed by atoms with Gasteiger partial charge in [0.2, 0.25) is 0 Å². The molecule has 0 bridgehead atoms. The molecule has 1 aliphatic rings. The topological polar surface area (TPSA) is 102 Å². The fraction of sp³-hybridized carbons (Fsp3) is 0.385. The summed E-state index contributed by atoms with van der Waals surface area (Å²) in [7, 11) is 1.55. The lowest BCUT2D eigenvalue weighted by molar-refractivity contribution is -0.124. The summed E-state index contributed by atoms with van der Waals surface area (Å²) >= 11 is 0. The molecule has 0 saturated heterocycles. The largest absolute Gasteiger partial charge is 0.452 e. The van der Waals surface area contributed by atoms with Crippen LogP contribution in [0.3, 0.4) is 0 Å². The number of ether oxygens (including phenoxy) is 2. The molecule has 2 aromatic carbocycles. The van der Waals surface area contributed by atoms with Crippen LogP contribution < -0.4 is 5.32 Å². The van der Waals surface area contributed by atoms with Gasteiger partial charge in [-0.25, -0.2) is 4.79 Å². The van der Waals surface area contributed by atoms with E-state index in [0.717, 1.165) is 10.5 Å². The summed E-state index contributed by atoms with van der Waals surface area (Å²) in [6, 6.07) is 12.4. The number of hydrogen-bond donors (Lipinski definition) is 1. The van der Waals surface area contributed by atoms with Crippen molar-refractivity contribution < 1.29 is 28.7 Å². The van der Waals surface area contributed by atoms with Gasteiger partial charge in [0.15, 0.2) is 6.61 Å². The average Bonchev–Trinajstić information content (AvgIpc) is 3.07. The van der Waals surface area contributed by atoms with Gasteiger partial charge in [0, 0.05) is 26.8 Å². The highest BCUT2D eigenvalue weighted by Gasteiger charge is 2.35. The summed E-state index contributed by atoms with van der Waals surface area (Å²) in [5.74, 6) is -1.53. The van der Waals surface area contributed by atoms with Gasteiger partial charge >= 0.3 is 5.97 Å². The molecule has 1 N–H and O–H groups in total. The first-order chi connectivity index (χ1) is 16.3. The SMILES string of the molecule is COCCCN1C(=O)c2ccc(C(=O)OCC(=O)NCCc3ccc(C(C)C)cc3)cc2C1=O. The summed E-state index contributed by atoms with van der Waals surface area (Å²) in [5, 5.41) is 2.73. The quantitative estimate of drug-likeness (QED) is 0.310. The maximum Gasteiger partial charge on any atom is 0.338 e. The van der Waals surface area contributed by atoms with Gasteiger partial charge in [-0.3, -0.25) is 19.3 Å². The van der Waals surface area contributed by atoms with E-state index in [0.29, 0.717) is 31.9 Å². The number of fused-ring (bicyclic) bond motifs is 1. The third-order valence-corrected chi connectivity index (χ3v) is 5.65. The number of esters is 1. The van der Waals surface area contributed by atoms with Gasteiger partial charge in [-0.05, 0) is 48.1 Å². The van der Waals surface area contributed by atoms with Gasteiger partial charge in [-0.2, -0.15) is 0 Å². The molecule has 0 atom stereocenters. The molecule has 180 valence electrons. The lowest BCUT2D eigenvalue weighted by atomic mass is 10.0. The van der Waals surface area contributed by atoms with Gasteiger partial charge in [0.05, 0.1) is 16.7 Å². The Hall–Kier alpha value is -3.52. The first-order valence-corrected chi connectivity index (χ1v) is 11.3. The molecule has 0 radical (unpaired) electrons. The minimum absolute atomic E-state index is 0.108. The highest BCUT2D eigenvalue weighted by Crippen LogP contribution is 2.24. The average molecular weight is 467 g/mol. The van der Waals surface area contributed by atoms with E-state index in [1.165, 1.54) is 23.8 Å². The minimum Gasteiger partial charge on any atom is -0.452 e. The lowest BCUT2D eigenvalue weighted by Crippen LogP contribution is -2.31. The van der Waals surface area contributed by atoms with Crippen molar-refractivity contribution in [1.29, 1.82) is 0 Å². The number of amides is 3. The van der Waals surface area contributed by atoms with E-state index in [1.807, 2.05) is 12.1 Å². The Balaban J connectivity index is 1.47. The second-order valence-electron chi connectivity index (χ2n) is 8.44. The maximum absolute atomic E-state index is 12.6. The Morgan fingerprint density at radius 2 is 1.71 bits per heavy atom. The second kappa shape index (κ2) is 11.6. The molecule has 3 rings (SSSR count). The Labute approximate surface area is 199 Å². The number of imide groups is 1. The van der Waals surface area contributed by atoms with E-state index in [9.17, 15) is 19.2 Å². The molecule has 1 aliphatic heterocycles. The Bertz CT molecular complexity index is 1060. The van der Waals surface area contributed by atoms with E-state index in [1.54, 1.807) is 7.11 Å². The monoisotopic (exact) mass is 466 g/mol. The van der Waals surface area contributed by atoms with Crippen molar-refractivity contribution in [2.75, 3.05) is 33.4 Å². The second-order valence-corrected chi connectivity index (χ2v) is 8.44. The molecule has 34 heavy (non-hydrogen) atoms. The normalized spacial score (nSPS) is 12.8. The van der Waals surface area contributed by atoms with Crippen molar-refractivity contribution in [3.63, 3.8) is 0 Å². The smallest absolute Gasteiger partial charge is 0.338 e. The first-order valence-electron chi connectivity index (χ1n) is 11.3. The number of nitrogens with zero attached hydrogens (tertiary/aromatic N) is 1. The molecule has 8 heteroatoms. The minimum atomic E-state index is -0.736. The summed E-state index contributed by atoms with van der Waals surface area (Å²) in [4.78, 5) is 50.6. The number of carbonyl (C=O) groups excluding carboxylic acids is 4. The van der Waals surface area contributed by atoms with E-state index >= 15 is 0 Å². The van der Waals surface area contributed by atoms with Crippen molar-refractivity contribution in [2.45, 2.75) is 32.6 Å². The van der Waals surface area contributed by atoms with Crippen LogP contribution in [0, 0.1) is 0 Å². The van der Waals surface area contributed by atoms with Crippen molar-refractivity contribution in [3.8, 4) is 0 Å². The van der Waals surface area contributed by atoms with Crippen LogP contribution in [0.2, 0.25) is 0 Å². The van der Waals surface area contributed by atoms with Gasteiger partial charge in [0.25, 0.3) is 17.7 Å². The third kappa shape index (κ3) is 6.08. The van der Waals surface area contributed by atoms with Crippen LogP contribution in [-0.2, 0) is 20.7 Å². The molecule has 0 unspecified atom stereocenters. The lowest BCUT2D eigenvalue weighted by Gasteiger charge is -2.12. The van der Waals surface area contributed by atoms with Crippen LogP contribution in [-0.4, -0.2) is 62.0 Å². The van der Waals surface area contributed by atoms with Crippen LogP contribution in [0.4, 0.5) is 0 Å². The molecule has 0 aliphatic carbocycles. The molecule has 2 aromatic rings. The number of hydrogen-bond acceptors (Lipinski definition) is 6. The molecule has 8 nitrogen and oxygen atoms in total. The molecular weight excluding hydrogens is 436 g/mol. The van der Waals surface area contributed by atoms with Crippen molar-refractivity contribution >= 4 is 23.7 Å². The maximum atomic E-state index is 12.6. The fourth-order valence-corrected chi connectivity index (χ4v) is 3.67. The van der Waals surface area contributed by atoms with E-state index in [2.05, 4.69) is 31.3 Å². The van der Waals surface area contributed by atoms with Gasteiger partial charge in [-0.15, -0.1) is 0 Å². The Kier molecular flexibility index (Phi) is 8.54. The molecule has 1 heterocycles. The van der Waals surface area contributed by atoms with E-state index in [4.69, 9.17) is 9.47 Å². The molecule has 0 spiro atoms. The number of methoxy groups -OCH3 is 1. The zero-order chi connectivity index (χ0) is 24.7. The van der Waals surface area contributed by atoms with Crippen LogP contribution in [0.25, 0.3) is 0 Å². The van der Waals surface area contributed by atoms with Crippen LogP contribution >= 0.6 is 0 Å². The zero-order valence-electron chi connectivity index (χ0n) is 19.8. The predicted octanol–water partition coefficient (Wildman–Crippen LogP) is 2.96. The van der Waals surface area contributed by atoms with E-state index in [-0.39, 0.29) is 23.2 Å². The van der Waals surface area contributed by atoms with Crippen LogP contribution in [0.5, 0.6) is 0 Å². The third-order valence-electron chi connectivity index (χ3n) is 5.65. The summed E-state index contributed by atoms with van der Waals surface area (Å²) in [6.07, 6.45) is 1.19. The number of nitrogens with one attached hydrogen (secondary N) is 1. The molecule has 0 saturated carbocycles. The Morgan fingerprint density at radius 3 is 2.38 bits per heavy atom. The molecule has 0 fully saturated rings. The molecular formula is C26H30N2O6. The van der Waals surface area contributed by atoms with Gasteiger partial charge in [-0.1, -0.05) is 38.1 Å². The van der Waals surface area contributed by atoms with Crippen LogP contribution in [0.1, 0.15) is 68.4 Å². The van der Waals surface area contributed by atoms with Crippen molar-refractivity contribution in [2.24, 2.45) is 0 Å². The van der Waals surface area contributed by atoms with E-state index < -0.39 is 30.3 Å². The van der Waals surface area contributed by atoms with Crippen molar-refractivity contribution in [1.82, 2.24) is 10.2 Å². The highest BCUT2D eigenvalue weighted by atomic mass is 16.5. The van der Waals surface area contributed by atoms with Crippen LogP contribution in [0.15, 0.2) is 42.5 Å². The molecule has 0 aromatic heterocycles. The predicted molar refractivity (Wildman–Crippen MR) is 126 cm³/mol. The number of rotatable bonds is 11. The fourth-order valence-electron chi connectivity index (χ4n) is 3.67. The standard InChI is InChI=1S/C26H30N2O6/c1-17(2)19-7-5-18(6-8-19)11-12-27-23(29)16-34-26(32)20-9-10-21-22(15-20)25(31)28(24(21)30)13-4-14-33-3/h5-10,15,17H,4,11-14,16H2,1-3H3,(H,27,29). The zero-order valence-corrected chi connectivity index (χ0v) is 19.8. The summed E-state index contributed by atoms with van der Waals surface area (Å²) < 4.78 is 10.0. The van der Waals surface area contributed by atoms with Crippen molar-refractivity contribution in [3.05, 3.63) is 70.3 Å². The van der Waals surface area contributed by atoms with Gasteiger partial charge in [0.1, 0.15) is 0 Å². The molecule has 3 amide bonds. The summed E-state index contributed by atoms with van der Waals surface area (Å²) in [6.45, 7) is 4.93. The van der Waals surface area contributed by atoms with Gasteiger partial charge < -0.3 is 14.8 Å². The Morgan fingerprint density at radius 1 is 1.00 bits per heavy atom. The highest BCUT2D eigenvalue weighted by molar-refractivity contribution is 6.22. The first kappa shape index (κ1) is 25.1. The number of carbonyl (C=O) groups is 4. The summed E-state index contributed by atoms with van der Waals surface area (Å²) in [5.41, 5.74) is 2.88. The number of benzene rings is 2.